The summed E-state index contributed by atoms with van der Waals surface area (Å²) in [5, 5.41) is 5.95. The number of thiophene rings is 1. The van der Waals surface area contributed by atoms with E-state index in [0.717, 1.165) is 26.8 Å². The van der Waals surface area contributed by atoms with Crippen molar-refractivity contribution in [3.05, 3.63) is 87.0 Å². The van der Waals surface area contributed by atoms with Gasteiger partial charge in [-0.25, -0.2) is 4.98 Å². The van der Waals surface area contributed by atoms with Gasteiger partial charge in [-0.1, -0.05) is 35.9 Å². The normalized spacial score (nSPS) is 11.1. The third kappa shape index (κ3) is 4.84. The summed E-state index contributed by atoms with van der Waals surface area (Å²) in [4.78, 5) is 22.6. The number of anilines is 1. The van der Waals surface area contributed by atoms with Crippen LogP contribution in [0.15, 0.2) is 61.1 Å². The number of halogens is 1. The lowest BCUT2D eigenvalue weighted by Crippen LogP contribution is -2.12. The summed E-state index contributed by atoms with van der Waals surface area (Å²) in [6.45, 7) is 1.32. The van der Waals surface area contributed by atoms with Gasteiger partial charge in [0, 0.05) is 48.4 Å². The van der Waals surface area contributed by atoms with Crippen molar-refractivity contribution in [3.8, 4) is 0 Å². The minimum absolute atomic E-state index is 0.106. The standard InChI is InChI=1S/C23H21ClN4OS/c24-19-11-21(30-22(19)14-27-13-16-2-1-8-26-12-16)20(29)6-4-15-3-5-18-17(10-15)7-9-28-23(18)25/h1-3,5,7-12,27H,4,6,13-14H2,(H2,25,28). The second kappa shape index (κ2) is 9.34. The average Bonchev–Trinajstić information content (AvgIpc) is 3.13. The Morgan fingerprint density at radius 1 is 1.10 bits per heavy atom. The summed E-state index contributed by atoms with van der Waals surface area (Å²) in [7, 11) is 0. The molecule has 3 heterocycles. The number of fused-ring (bicyclic) bond motifs is 1. The van der Waals surface area contributed by atoms with Crippen molar-refractivity contribution >= 4 is 45.3 Å². The number of nitrogens with two attached hydrogens (primary N) is 1. The number of hydrogen-bond acceptors (Lipinski definition) is 6. The van der Waals surface area contributed by atoms with Crippen molar-refractivity contribution < 1.29 is 4.79 Å². The van der Waals surface area contributed by atoms with E-state index in [1.54, 1.807) is 18.5 Å². The van der Waals surface area contributed by atoms with E-state index in [2.05, 4.69) is 21.4 Å². The molecule has 0 saturated heterocycles. The lowest BCUT2D eigenvalue weighted by atomic mass is 10.0. The van der Waals surface area contributed by atoms with E-state index < -0.39 is 0 Å². The molecule has 0 fully saturated rings. The Bertz CT molecular complexity index is 1180. The van der Waals surface area contributed by atoms with Crippen LogP contribution in [0.4, 0.5) is 5.82 Å². The molecule has 0 radical (unpaired) electrons. The van der Waals surface area contributed by atoms with Crippen LogP contribution in [-0.2, 0) is 19.5 Å². The van der Waals surface area contributed by atoms with E-state index in [-0.39, 0.29) is 5.78 Å². The first-order valence-electron chi connectivity index (χ1n) is 9.64. The molecular weight excluding hydrogens is 416 g/mol. The number of Topliss-reactive ketones (excluding diaryl/α,β-unsaturated/α-hetero) is 1. The molecule has 0 aliphatic rings. The van der Waals surface area contributed by atoms with Gasteiger partial charge in [0.2, 0.25) is 0 Å². The van der Waals surface area contributed by atoms with Crippen LogP contribution >= 0.6 is 22.9 Å². The lowest BCUT2D eigenvalue weighted by molar-refractivity contribution is 0.0986. The molecule has 0 aliphatic carbocycles. The number of carbonyl (C=O) groups excluding carboxylic acids is 1. The Balaban J connectivity index is 1.35. The Kier molecular flexibility index (Phi) is 6.38. The predicted octanol–water partition coefficient (Wildman–Crippen LogP) is 5.03. The van der Waals surface area contributed by atoms with Crippen LogP contribution in [-0.4, -0.2) is 15.8 Å². The van der Waals surface area contributed by atoms with Crippen LogP contribution in [0.3, 0.4) is 0 Å². The zero-order chi connectivity index (χ0) is 20.9. The van der Waals surface area contributed by atoms with Crippen LogP contribution in [0.5, 0.6) is 0 Å². The van der Waals surface area contributed by atoms with Crippen LogP contribution in [0.1, 0.15) is 32.1 Å². The highest BCUT2D eigenvalue weighted by molar-refractivity contribution is 7.14. The molecule has 3 N–H and O–H groups in total. The van der Waals surface area contributed by atoms with Gasteiger partial charge in [0.15, 0.2) is 5.78 Å². The number of nitrogens with one attached hydrogen (secondary N) is 1. The average molecular weight is 437 g/mol. The van der Waals surface area contributed by atoms with E-state index in [9.17, 15) is 4.79 Å². The van der Waals surface area contributed by atoms with Crippen molar-refractivity contribution in [2.45, 2.75) is 25.9 Å². The SMILES string of the molecule is Nc1nccc2cc(CCC(=O)c3cc(Cl)c(CNCc4cccnc4)s3)ccc12. The maximum absolute atomic E-state index is 12.7. The van der Waals surface area contributed by atoms with E-state index in [4.69, 9.17) is 17.3 Å². The maximum Gasteiger partial charge on any atom is 0.173 e. The van der Waals surface area contributed by atoms with E-state index in [1.165, 1.54) is 11.3 Å². The molecule has 3 aromatic heterocycles. The Morgan fingerprint density at radius 3 is 2.83 bits per heavy atom. The third-order valence-corrected chi connectivity index (χ3v) is 6.50. The Labute approximate surface area is 183 Å². The summed E-state index contributed by atoms with van der Waals surface area (Å²) < 4.78 is 0. The van der Waals surface area contributed by atoms with E-state index in [1.807, 2.05) is 36.5 Å². The number of ketones is 1. The number of hydrogen-bond donors (Lipinski definition) is 2. The molecule has 1 aromatic carbocycles. The molecule has 0 unspecified atom stereocenters. The van der Waals surface area contributed by atoms with Crippen molar-refractivity contribution in [2.75, 3.05) is 5.73 Å². The highest BCUT2D eigenvalue weighted by atomic mass is 35.5. The summed E-state index contributed by atoms with van der Waals surface area (Å²) in [6, 6.07) is 13.7. The second-order valence-corrected chi connectivity index (χ2v) is 8.57. The Hall–Kier alpha value is -2.80. The first-order valence-corrected chi connectivity index (χ1v) is 10.8. The van der Waals surface area contributed by atoms with Crippen molar-refractivity contribution in [1.29, 1.82) is 0 Å². The van der Waals surface area contributed by atoms with Crippen LogP contribution in [0.25, 0.3) is 10.8 Å². The quantitative estimate of drug-likeness (QED) is 0.378. The summed E-state index contributed by atoms with van der Waals surface area (Å²) in [5.74, 6) is 0.628. The summed E-state index contributed by atoms with van der Waals surface area (Å²) in [6.07, 6.45) is 6.38. The predicted molar refractivity (Wildman–Crippen MR) is 123 cm³/mol. The first-order chi connectivity index (χ1) is 14.6. The lowest BCUT2D eigenvalue weighted by Gasteiger charge is -2.05. The minimum atomic E-state index is 0.106. The highest BCUT2D eigenvalue weighted by Gasteiger charge is 2.14. The molecule has 7 heteroatoms. The number of aryl methyl sites for hydroxylation is 1. The van der Waals surface area contributed by atoms with Gasteiger partial charge in [0.1, 0.15) is 5.82 Å². The monoisotopic (exact) mass is 436 g/mol. The molecule has 0 spiro atoms. The molecule has 0 bridgehead atoms. The molecule has 0 atom stereocenters. The van der Waals surface area contributed by atoms with E-state index in [0.29, 0.717) is 41.6 Å². The number of pyridine rings is 2. The van der Waals surface area contributed by atoms with Gasteiger partial charge in [0.25, 0.3) is 0 Å². The molecule has 0 amide bonds. The van der Waals surface area contributed by atoms with Gasteiger partial charge >= 0.3 is 0 Å². The zero-order valence-corrected chi connectivity index (χ0v) is 17.8. The van der Waals surface area contributed by atoms with Gasteiger partial charge in [0.05, 0.1) is 9.90 Å². The molecule has 5 nitrogen and oxygen atoms in total. The van der Waals surface area contributed by atoms with Crippen molar-refractivity contribution in [3.63, 3.8) is 0 Å². The van der Waals surface area contributed by atoms with Crippen molar-refractivity contribution in [2.24, 2.45) is 0 Å². The second-order valence-electron chi connectivity index (χ2n) is 7.02. The molecule has 4 aromatic rings. The van der Waals surface area contributed by atoms with Gasteiger partial charge in [-0.3, -0.25) is 9.78 Å². The third-order valence-electron chi connectivity index (χ3n) is 4.87. The number of nitrogen functional groups attached to an aromatic ring is 1. The van der Waals surface area contributed by atoms with Gasteiger partial charge in [-0.05, 0) is 41.1 Å². The fraction of sp³-hybridized carbons (Fsp3) is 0.174. The molecule has 0 aliphatic heterocycles. The fourth-order valence-electron chi connectivity index (χ4n) is 3.27. The minimum Gasteiger partial charge on any atom is -0.383 e. The maximum atomic E-state index is 12.7. The Morgan fingerprint density at radius 2 is 2.00 bits per heavy atom. The molecule has 152 valence electrons. The fourth-order valence-corrected chi connectivity index (χ4v) is 4.62. The van der Waals surface area contributed by atoms with Crippen LogP contribution in [0.2, 0.25) is 5.02 Å². The number of benzene rings is 1. The van der Waals surface area contributed by atoms with E-state index >= 15 is 0 Å². The number of carbonyl (C=O) groups is 1. The molecule has 0 saturated carbocycles. The summed E-state index contributed by atoms with van der Waals surface area (Å²) in [5.41, 5.74) is 8.11. The molecule has 30 heavy (non-hydrogen) atoms. The summed E-state index contributed by atoms with van der Waals surface area (Å²) >= 11 is 7.81. The number of rotatable bonds is 8. The van der Waals surface area contributed by atoms with Crippen molar-refractivity contribution in [1.82, 2.24) is 15.3 Å². The topological polar surface area (TPSA) is 80.9 Å². The molecular formula is C23H21ClN4OS. The van der Waals surface area contributed by atoms with Gasteiger partial charge < -0.3 is 11.1 Å². The van der Waals surface area contributed by atoms with Crippen LogP contribution in [0, 0.1) is 0 Å². The van der Waals surface area contributed by atoms with Gasteiger partial charge in [-0.15, -0.1) is 11.3 Å². The first kappa shape index (κ1) is 20.5. The highest BCUT2D eigenvalue weighted by Crippen LogP contribution is 2.28. The zero-order valence-electron chi connectivity index (χ0n) is 16.3. The van der Waals surface area contributed by atoms with Gasteiger partial charge in [-0.2, -0.15) is 0 Å². The van der Waals surface area contributed by atoms with Crippen LogP contribution < -0.4 is 11.1 Å². The largest absolute Gasteiger partial charge is 0.383 e. The molecule has 4 rings (SSSR count). The smallest absolute Gasteiger partial charge is 0.173 e. The number of nitrogens with zero attached hydrogens (tertiary/aromatic N) is 2. The number of aromatic nitrogens is 2.